The minimum absolute atomic E-state index is 0.222. The number of nitrogens with one attached hydrogen (secondary N) is 2. The summed E-state index contributed by atoms with van der Waals surface area (Å²) in [6.45, 7) is 1.22. The van der Waals surface area contributed by atoms with E-state index >= 15 is 0 Å². The third-order valence-corrected chi connectivity index (χ3v) is 6.21. The number of amides is 6. The van der Waals surface area contributed by atoms with Gasteiger partial charge in [-0.25, -0.2) is 23.2 Å². The Labute approximate surface area is 229 Å². The predicted octanol–water partition coefficient (Wildman–Crippen LogP) is 4.10. The lowest BCUT2D eigenvalue weighted by Gasteiger charge is -2.37. The molecule has 1 saturated heterocycles. The number of urea groups is 1. The molecule has 6 amide bonds. The number of alkyl halides is 2. The van der Waals surface area contributed by atoms with Crippen molar-refractivity contribution in [2.75, 3.05) is 52.7 Å². The van der Waals surface area contributed by atoms with E-state index in [4.69, 9.17) is 0 Å². The SMILES string of the molecule is CCCCN1C(=O)C(CCCCCCNC(=O)OCCF)C(=O)N(CCCCCCNC(=O)OCCF)C1=O. The van der Waals surface area contributed by atoms with Crippen LogP contribution in [0, 0.1) is 5.92 Å². The van der Waals surface area contributed by atoms with Crippen molar-refractivity contribution in [1.82, 2.24) is 20.4 Å². The maximum Gasteiger partial charge on any atom is 0.407 e. The third kappa shape index (κ3) is 13.6. The lowest BCUT2D eigenvalue weighted by atomic mass is 9.95. The Morgan fingerprint density at radius 3 is 1.67 bits per heavy atom. The molecule has 0 saturated carbocycles. The summed E-state index contributed by atoms with van der Waals surface area (Å²) in [7, 11) is 0. The summed E-state index contributed by atoms with van der Waals surface area (Å²) in [5.74, 6) is -1.77. The maximum absolute atomic E-state index is 13.1. The van der Waals surface area contributed by atoms with Crippen molar-refractivity contribution in [3.63, 3.8) is 0 Å². The molecule has 224 valence electrons. The zero-order valence-corrected chi connectivity index (χ0v) is 23.0. The number of carbonyl (C=O) groups excluding carboxylic acids is 5. The van der Waals surface area contributed by atoms with Crippen LogP contribution in [0.1, 0.15) is 77.6 Å². The highest BCUT2D eigenvalue weighted by Gasteiger charge is 2.44. The Bertz CT molecular complexity index is 717. The van der Waals surface area contributed by atoms with Crippen molar-refractivity contribution in [1.29, 1.82) is 0 Å². The maximum atomic E-state index is 13.1. The average molecular weight is 563 g/mol. The van der Waals surface area contributed by atoms with Gasteiger partial charge in [0.1, 0.15) is 32.5 Å². The molecule has 1 heterocycles. The highest BCUT2D eigenvalue weighted by molar-refractivity contribution is 6.16. The monoisotopic (exact) mass is 562 g/mol. The minimum atomic E-state index is -0.882. The number of alkyl carbamates (subject to hydrolysis) is 2. The van der Waals surface area contributed by atoms with Crippen LogP contribution in [0.25, 0.3) is 0 Å². The van der Waals surface area contributed by atoms with Crippen molar-refractivity contribution in [2.24, 2.45) is 5.92 Å². The first-order valence-electron chi connectivity index (χ1n) is 14.0. The number of nitrogens with zero attached hydrogens (tertiary/aromatic N) is 2. The molecule has 39 heavy (non-hydrogen) atoms. The van der Waals surface area contributed by atoms with Crippen molar-refractivity contribution in [3.05, 3.63) is 0 Å². The Hall–Kier alpha value is -2.99. The number of halogens is 2. The Morgan fingerprint density at radius 2 is 1.18 bits per heavy atom. The molecule has 0 bridgehead atoms. The molecule has 0 radical (unpaired) electrons. The molecule has 1 atom stereocenters. The number of unbranched alkanes of at least 4 members (excludes halogenated alkanes) is 7. The van der Waals surface area contributed by atoms with E-state index in [1.165, 1.54) is 9.80 Å². The standard InChI is InChI=1S/C26H44F2N4O7/c1-2-3-17-31-22(33)21(12-8-4-5-9-15-29-24(35)38-19-13-27)23(34)32(26(31)37)18-11-7-6-10-16-30-25(36)39-20-14-28/h21H,2-20H2,1H3,(H,29,35)(H,30,36). The zero-order valence-electron chi connectivity index (χ0n) is 23.0. The van der Waals surface area contributed by atoms with Gasteiger partial charge < -0.3 is 20.1 Å². The first-order chi connectivity index (χ1) is 18.9. The van der Waals surface area contributed by atoms with Gasteiger partial charge in [-0.2, -0.15) is 0 Å². The second-order valence-corrected chi connectivity index (χ2v) is 9.29. The fourth-order valence-corrected chi connectivity index (χ4v) is 4.11. The van der Waals surface area contributed by atoms with Crippen LogP contribution in [-0.2, 0) is 19.1 Å². The molecule has 1 rings (SSSR count). The van der Waals surface area contributed by atoms with Crippen LogP contribution in [-0.4, -0.2) is 92.6 Å². The molecule has 1 aliphatic rings. The van der Waals surface area contributed by atoms with Gasteiger partial charge in [0.25, 0.3) is 0 Å². The topological polar surface area (TPSA) is 134 Å². The summed E-state index contributed by atoms with van der Waals surface area (Å²) >= 11 is 0. The van der Waals surface area contributed by atoms with Gasteiger partial charge >= 0.3 is 18.2 Å². The van der Waals surface area contributed by atoms with Crippen LogP contribution in [0.5, 0.6) is 0 Å². The lowest BCUT2D eigenvalue weighted by molar-refractivity contribution is -0.149. The third-order valence-electron chi connectivity index (χ3n) is 6.21. The molecule has 1 fully saturated rings. The van der Waals surface area contributed by atoms with Crippen LogP contribution in [0.15, 0.2) is 0 Å². The summed E-state index contributed by atoms with van der Waals surface area (Å²) in [6.07, 6.45) is 6.04. The minimum Gasteiger partial charge on any atom is -0.447 e. The summed E-state index contributed by atoms with van der Waals surface area (Å²) in [4.78, 5) is 64.0. The van der Waals surface area contributed by atoms with E-state index in [0.29, 0.717) is 51.6 Å². The van der Waals surface area contributed by atoms with Crippen molar-refractivity contribution >= 4 is 30.0 Å². The molecule has 13 heteroatoms. The van der Waals surface area contributed by atoms with Crippen LogP contribution in [0.2, 0.25) is 0 Å². The zero-order chi connectivity index (χ0) is 28.9. The first kappa shape index (κ1) is 34.0. The molecular weight excluding hydrogens is 518 g/mol. The second-order valence-electron chi connectivity index (χ2n) is 9.29. The smallest absolute Gasteiger partial charge is 0.407 e. The molecule has 0 aromatic rings. The van der Waals surface area contributed by atoms with Crippen LogP contribution >= 0.6 is 0 Å². The summed E-state index contributed by atoms with van der Waals surface area (Å²) < 4.78 is 33.1. The molecule has 2 N–H and O–H groups in total. The van der Waals surface area contributed by atoms with Crippen molar-refractivity contribution in [3.8, 4) is 0 Å². The van der Waals surface area contributed by atoms with Gasteiger partial charge in [-0.15, -0.1) is 0 Å². The van der Waals surface area contributed by atoms with Gasteiger partial charge in [-0.05, 0) is 32.1 Å². The van der Waals surface area contributed by atoms with Crippen LogP contribution in [0.4, 0.5) is 23.2 Å². The quantitative estimate of drug-likeness (QED) is 0.159. The molecule has 1 unspecified atom stereocenters. The van der Waals surface area contributed by atoms with Gasteiger partial charge in [0.15, 0.2) is 0 Å². The van der Waals surface area contributed by atoms with Gasteiger partial charge in [0.05, 0.1) is 0 Å². The highest BCUT2D eigenvalue weighted by atomic mass is 19.1. The number of rotatable bonds is 21. The molecule has 0 aliphatic carbocycles. The van der Waals surface area contributed by atoms with Gasteiger partial charge in [0.2, 0.25) is 11.8 Å². The molecule has 1 aliphatic heterocycles. The first-order valence-corrected chi connectivity index (χ1v) is 14.0. The molecular formula is C26H44F2N4O7. The van der Waals surface area contributed by atoms with E-state index in [-0.39, 0.29) is 26.3 Å². The van der Waals surface area contributed by atoms with Crippen LogP contribution in [0.3, 0.4) is 0 Å². The van der Waals surface area contributed by atoms with E-state index in [1.807, 2.05) is 6.92 Å². The molecule has 0 aromatic heterocycles. The predicted molar refractivity (Wildman–Crippen MR) is 139 cm³/mol. The van der Waals surface area contributed by atoms with E-state index in [9.17, 15) is 32.8 Å². The Kier molecular flexibility index (Phi) is 18.2. The molecule has 0 aromatic carbocycles. The highest BCUT2D eigenvalue weighted by Crippen LogP contribution is 2.24. The van der Waals surface area contributed by atoms with Gasteiger partial charge in [-0.3, -0.25) is 19.4 Å². The molecule has 11 nitrogen and oxygen atoms in total. The van der Waals surface area contributed by atoms with Crippen molar-refractivity contribution < 1.29 is 42.2 Å². The summed E-state index contributed by atoms with van der Waals surface area (Å²) in [6, 6.07) is -0.558. The fourth-order valence-electron chi connectivity index (χ4n) is 4.11. The second kappa shape index (κ2) is 20.9. The van der Waals surface area contributed by atoms with E-state index in [2.05, 4.69) is 20.1 Å². The number of barbiturate groups is 1. The van der Waals surface area contributed by atoms with Crippen LogP contribution < -0.4 is 10.6 Å². The summed E-state index contributed by atoms with van der Waals surface area (Å²) in [5, 5.41) is 5.06. The number of ether oxygens (including phenoxy) is 2. The number of hydrogen-bond acceptors (Lipinski definition) is 7. The van der Waals surface area contributed by atoms with E-state index < -0.39 is 49.3 Å². The van der Waals surface area contributed by atoms with E-state index in [0.717, 1.165) is 32.1 Å². The Balaban J connectivity index is 2.46. The lowest BCUT2D eigenvalue weighted by Crippen LogP contribution is -2.60. The number of hydrogen-bond donors (Lipinski definition) is 2. The Morgan fingerprint density at radius 1 is 0.718 bits per heavy atom. The fraction of sp³-hybridized carbons (Fsp3) is 0.808. The molecule has 0 spiro atoms. The van der Waals surface area contributed by atoms with Gasteiger partial charge in [-0.1, -0.05) is 45.4 Å². The summed E-state index contributed by atoms with van der Waals surface area (Å²) in [5.41, 5.74) is 0. The largest absolute Gasteiger partial charge is 0.447 e. The van der Waals surface area contributed by atoms with Gasteiger partial charge in [0, 0.05) is 26.2 Å². The van der Waals surface area contributed by atoms with E-state index in [1.54, 1.807) is 0 Å². The normalized spacial score (nSPS) is 15.5. The average Bonchev–Trinajstić information content (AvgIpc) is 2.92. The number of imide groups is 2. The number of carbonyl (C=O) groups is 5. The van der Waals surface area contributed by atoms with Crippen molar-refractivity contribution in [2.45, 2.75) is 77.6 Å².